The van der Waals surface area contributed by atoms with Gasteiger partial charge in [-0.25, -0.2) is 0 Å². The molecule has 19 heavy (non-hydrogen) atoms. The van der Waals surface area contributed by atoms with Crippen molar-refractivity contribution in [3.63, 3.8) is 0 Å². The van der Waals surface area contributed by atoms with Gasteiger partial charge in [-0.05, 0) is 56.3 Å². The van der Waals surface area contributed by atoms with E-state index < -0.39 is 0 Å². The van der Waals surface area contributed by atoms with Crippen molar-refractivity contribution in [2.45, 2.75) is 27.0 Å². The quantitative estimate of drug-likeness (QED) is 0.904. The van der Waals surface area contributed by atoms with Crippen molar-refractivity contribution in [3.8, 4) is 5.75 Å². The van der Waals surface area contributed by atoms with Crippen molar-refractivity contribution in [1.82, 2.24) is 5.32 Å². The van der Waals surface area contributed by atoms with E-state index in [0.29, 0.717) is 6.61 Å². The molecule has 1 heterocycles. The third-order valence-electron chi connectivity index (χ3n) is 2.86. The molecule has 1 N–H and O–H groups in total. The molecule has 1 aromatic heterocycles. The second-order valence-corrected chi connectivity index (χ2v) is 5.35. The SMILES string of the molecule is CNCc1ccc(COc2cc(C)c(Br)c(C)c2)o1. The maximum atomic E-state index is 5.77. The average Bonchev–Trinajstić information content (AvgIpc) is 2.81. The standard InChI is InChI=1S/C15H18BrNO2/c1-10-6-14(7-11(2)15(10)16)18-9-13-5-4-12(19-13)8-17-3/h4-7,17H,8-9H2,1-3H3. The molecule has 1 aromatic carbocycles. The van der Waals surface area contributed by atoms with Gasteiger partial charge in [0.1, 0.15) is 23.9 Å². The average molecular weight is 324 g/mol. The van der Waals surface area contributed by atoms with Gasteiger partial charge in [-0.1, -0.05) is 15.9 Å². The minimum atomic E-state index is 0.449. The van der Waals surface area contributed by atoms with E-state index in [1.807, 2.05) is 31.3 Å². The second kappa shape index (κ2) is 6.26. The Hall–Kier alpha value is -1.26. The van der Waals surface area contributed by atoms with Crippen LogP contribution in [0.15, 0.2) is 33.2 Å². The molecule has 102 valence electrons. The number of hydrogen-bond donors (Lipinski definition) is 1. The Morgan fingerprint density at radius 1 is 1.16 bits per heavy atom. The molecule has 0 atom stereocenters. The molecule has 0 aliphatic heterocycles. The smallest absolute Gasteiger partial charge is 0.146 e. The third-order valence-corrected chi connectivity index (χ3v) is 4.11. The van der Waals surface area contributed by atoms with Crippen LogP contribution in [0.1, 0.15) is 22.6 Å². The Morgan fingerprint density at radius 2 is 1.79 bits per heavy atom. The van der Waals surface area contributed by atoms with Crippen LogP contribution in [0.5, 0.6) is 5.75 Å². The summed E-state index contributed by atoms with van der Waals surface area (Å²) in [4.78, 5) is 0. The summed E-state index contributed by atoms with van der Waals surface area (Å²) in [7, 11) is 1.89. The molecule has 0 fully saturated rings. The summed E-state index contributed by atoms with van der Waals surface area (Å²) in [6.07, 6.45) is 0. The zero-order valence-corrected chi connectivity index (χ0v) is 13.0. The fraction of sp³-hybridized carbons (Fsp3) is 0.333. The molecule has 0 unspecified atom stereocenters. The van der Waals surface area contributed by atoms with Gasteiger partial charge in [0.05, 0.1) is 6.54 Å². The lowest BCUT2D eigenvalue weighted by molar-refractivity contribution is 0.265. The summed E-state index contributed by atoms with van der Waals surface area (Å²) in [6.45, 7) is 5.30. The maximum Gasteiger partial charge on any atom is 0.146 e. The molecule has 2 rings (SSSR count). The van der Waals surface area contributed by atoms with Crippen LogP contribution in [0.2, 0.25) is 0 Å². The van der Waals surface area contributed by atoms with Crippen molar-refractivity contribution in [1.29, 1.82) is 0 Å². The Bertz CT molecular complexity index is 540. The highest BCUT2D eigenvalue weighted by Gasteiger charge is 2.05. The third kappa shape index (κ3) is 3.61. The Morgan fingerprint density at radius 3 is 2.42 bits per heavy atom. The lowest BCUT2D eigenvalue weighted by atomic mass is 10.1. The summed E-state index contributed by atoms with van der Waals surface area (Å²) < 4.78 is 12.5. The number of nitrogens with one attached hydrogen (secondary N) is 1. The number of halogens is 1. The Labute approximate surface area is 122 Å². The largest absolute Gasteiger partial charge is 0.486 e. The first-order valence-electron chi connectivity index (χ1n) is 6.22. The highest BCUT2D eigenvalue weighted by Crippen LogP contribution is 2.26. The van der Waals surface area contributed by atoms with E-state index in [-0.39, 0.29) is 0 Å². The van der Waals surface area contributed by atoms with Crippen molar-refractivity contribution in [3.05, 3.63) is 51.4 Å². The zero-order chi connectivity index (χ0) is 13.8. The number of aryl methyl sites for hydroxylation is 2. The second-order valence-electron chi connectivity index (χ2n) is 4.56. The molecule has 0 spiro atoms. The topological polar surface area (TPSA) is 34.4 Å². The van der Waals surface area contributed by atoms with Gasteiger partial charge >= 0.3 is 0 Å². The molecular formula is C15H18BrNO2. The van der Waals surface area contributed by atoms with Gasteiger partial charge in [-0.2, -0.15) is 0 Å². The molecule has 4 heteroatoms. The number of hydrogen-bond acceptors (Lipinski definition) is 3. The van der Waals surface area contributed by atoms with Crippen molar-refractivity contribution >= 4 is 15.9 Å². The molecule has 0 amide bonds. The fourth-order valence-corrected chi connectivity index (χ4v) is 2.14. The van der Waals surface area contributed by atoms with Crippen molar-refractivity contribution in [2.75, 3.05) is 7.05 Å². The molecule has 2 aromatic rings. The van der Waals surface area contributed by atoms with Crippen molar-refractivity contribution < 1.29 is 9.15 Å². The van der Waals surface area contributed by atoms with Crippen LogP contribution in [-0.2, 0) is 13.2 Å². The highest BCUT2D eigenvalue weighted by molar-refractivity contribution is 9.10. The molecule has 0 bridgehead atoms. The van der Waals surface area contributed by atoms with Crippen LogP contribution in [-0.4, -0.2) is 7.05 Å². The first kappa shape index (κ1) is 14.2. The maximum absolute atomic E-state index is 5.77. The van der Waals surface area contributed by atoms with Gasteiger partial charge in [-0.15, -0.1) is 0 Å². The van der Waals surface area contributed by atoms with E-state index in [1.165, 1.54) is 11.1 Å². The van der Waals surface area contributed by atoms with Crippen molar-refractivity contribution in [2.24, 2.45) is 0 Å². The predicted octanol–water partition coefficient (Wildman–Crippen LogP) is 3.96. The van der Waals surface area contributed by atoms with Crippen LogP contribution >= 0.6 is 15.9 Å². The number of rotatable bonds is 5. The first-order chi connectivity index (χ1) is 9.10. The summed E-state index contributed by atoms with van der Waals surface area (Å²) in [5.74, 6) is 2.62. The lowest BCUT2D eigenvalue weighted by Crippen LogP contribution is -2.03. The van der Waals surface area contributed by atoms with E-state index in [4.69, 9.17) is 9.15 Å². The van der Waals surface area contributed by atoms with E-state index in [0.717, 1.165) is 28.3 Å². The summed E-state index contributed by atoms with van der Waals surface area (Å²) in [6, 6.07) is 7.96. The molecule has 0 saturated heterocycles. The van der Waals surface area contributed by atoms with E-state index in [9.17, 15) is 0 Å². The number of furan rings is 1. The number of benzene rings is 1. The minimum absolute atomic E-state index is 0.449. The zero-order valence-electron chi connectivity index (χ0n) is 11.4. The van der Waals surface area contributed by atoms with Gasteiger partial charge in [0.25, 0.3) is 0 Å². The van der Waals surface area contributed by atoms with Crippen LogP contribution in [0.25, 0.3) is 0 Å². The fourth-order valence-electron chi connectivity index (χ4n) is 1.91. The van der Waals surface area contributed by atoms with E-state index in [2.05, 4.69) is 35.1 Å². The summed E-state index contributed by atoms with van der Waals surface area (Å²) >= 11 is 3.55. The normalized spacial score (nSPS) is 10.7. The van der Waals surface area contributed by atoms with Gasteiger partial charge in [-0.3, -0.25) is 0 Å². The van der Waals surface area contributed by atoms with Crippen LogP contribution < -0.4 is 10.1 Å². The Balaban J connectivity index is 2.01. The minimum Gasteiger partial charge on any atom is -0.486 e. The van der Waals surface area contributed by atoms with E-state index in [1.54, 1.807) is 0 Å². The summed E-state index contributed by atoms with van der Waals surface area (Å²) in [5, 5.41) is 3.05. The molecular weight excluding hydrogens is 306 g/mol. The van der Waals surface area contributed by atoms with Gasteiger partial charge < -0.3 is 14.5 Å². The monoisotopic (exact) mass is 323 g/mol. The van der Waals surface area contributed by atoms with Crippen LogP contribution in [0, 0.1) is 13.8 Å². The lowest BCUT2D eigenvalue weighted by Gasteiger charge is -2.09. The van der Waals surface area contributed by atoms with Crippen LogP contribution in [0.4, 0.5) is 0 Å². The molecule has 3 nitrogen and oxygen atoms in total. The molecule has 0 aliphatic rings. The Kier molecular flexibility index (Phi) is 4.66. The first-order valence-corrected chi connectivity index (χ1v) is 7.01. The molecule has 0 radical (unpaired) electrons. The van der Waals surface area contributed by atoms with Gasteiger partial charge in [0, 0.05) is 4.47 Å². The van der Waals surface area contributed by atoms with Gasteiger partial charge in [0.15, 0.2) is 0 Å². The predicted molar refractivity (Wildman–Crippen MR) is 79.4 cm³/mol. The molecule has 0 aliphatic carbocycles. The van der Waals surface area contributed by atoms with E-state index >= 15 is 0 Å². The highest BCUT2D eigenvalue weighted by atomic mass is 79.9. The van der Waals surface area contributed by atoms with Crippen LogP contribution in [0.3, 0.4) is 0 Å². The molecule has 0 saturated carbocycles. The summed E-state index contributed by atoms with van der Waals surface area (Å²) in [5.41, 5.74) is 2.34. The number of ether oxygens (including phenoxy) is 1. The van der Waals surface area contributed by atoms with Gasteiger partial charge in [0.2, 0.25) is 0 Å².